The standard InChI is InChI=1S/C60H74FIN3O6S/c1-6-9-36-60(8-3)41-72(70,71)54-35-32-50(64(4)5)39-52(54)56(58(60)68)46-17-15-18-48(38-46)63-55(67)19-13-11-10-12-14-37-62-40-43-22-26-45(27-23-43)57-51(59(69)65(57)49-30-28-47(61)29-31-49)33-34-53(66)44-24-20-42(16-7-2)21-25-44/h7,15-18,20-32,35,38-39,51,53,56-58,66,68H,6,8-14,19,33-34,36-37,40-41H2,1-5H3,(H,63,67)/q-1/b16-7+. The molecule has 9 nitrogen and oxygen atoms in total. The van der Waals surface area contributed by atoms with Crippen LogP contribution in [0, 0.1) is 17.2 Å². The first-order valence-corrected chi connectivity index (χ1v) is 30.6. The molecule has 0 saturated carbocycles. The van der Waals surface area contributed by atoms with Gasteiger partial charge < -0.3 is 10.0 Å². The van der Waals surface area contributed by atoms with Crippen molar-refractivity contribution < 1.29 is 53.8 Å². The van der Waals surface area contributed by atoms with Gasteiger partial charge in [0.25, 0.3) is 0 Å². The van der Waals surface area contributed by atoms with Crippen LogP contribution in [0.3, 0.4) is 0 Å². The Hall–Kier alpha value is -4.89. The van der Waals surface area contributed by atoms with Crippen molar-refractivity contribution in [2.45, 2.75) is 131 Å². The number of nitrogens with one attached hydrogen (secondary N) is 1. The molecule has 72 heavy (non-hydrogen) atoms. The number of hydrogen-bond donors (Lipinski definition) is 3. The van der Waals surface area contributed by atoms with Gasteiger partial charge in [0.05, 0.1) is 16.8 Å². The average molecular weight is 1110 g/mol. The molecule has 2 amide bonds. The Morgan fingerprint density at radius 1 is 0.903 bits per heavy atom. The van der Waals surface area contributed by atoms with Crippen molar-refractivity contribution in [3.05, 3.63) is 161 Å². The first-order valence-electron chi connectivity index (χ1n) is 25.9. The summed E-state index contributed by atoms with van der Waals surface area (Å²) in [5, 5.41) is 26.5. The molecule has 7 rings (SSSR count). The number of amides is 2. The fourth-order valence-corrected chi connectivity index (χ4v) is 15.5. The minimum atomic E-state index is -3.70. The third kappa shape index (κ3) is 13.3. The number of sulfone groups is 1. The monoisotopic (exact) mass is 1110 g/mol. The summed E-state index contributed by atoms with van der Waals surface area (Å²) in [5.41, 5.74) is 6.97. The molecule has 1 fully saturated rings. The molecule has 0 bridgehead atoms. The van der Waals surface area contributed by atoms with Crippen LogP contribution in [0.2, 0.25) is 0 Å². The van der Waals surface area contributed by atoms with Gasteiger partial charge in [-0.15, -0.1) is 0 Å². The van der Waals surface area contributed by atoms with Crippen LogP contribution in [0.1, 0.15) is 149 Å². The quantitative estimate of drug-likeness (QED) is 0.0243. The van der Waals surface area contributed by atoms with Crippen molar-refractivity contribution in [2.75, 3.05) is 39.4 Å². The van der Waals surface area contributed by atoms with Gasteiger partial charge in [-0.1, -0.05) is 57.0 Å². The zero-order chi connectivity index (χ0) is 51.4. The second kappa shape index (κ2) is 25.4. The first kappa shape index (κ1) is 54.9. The van der Waals surface area contributed by atoms with Gasteiger partial charge in [-0.2, -0.15) is 0 Å². The summed E-state index contributed by atoms with van der Waals surface area (Å²) in [7, 11) is 0.139. The number of alkyl halides is 2. The minimum absolute atomic E-state index is 0.0103. The van der Waals surface area contributed by atoms with Gasteiger partial charge in [0.2, 0.25) is 0 Å². The number of halogens is 2. The smallest absolute Gasteiger partial charge is 0.0546 e. The van der Waals surface area contributed by atoms with Crippen LogP contribution in [0.15, 0.2) is 126 Å². The molecule has 12 heteroatoms. The third-order valence-corrected chi connectivity index (χ3v) is 19.8. The van der Waals surface area contributed by atoms with E-state index in [1.807, 2.05) is 106 Å². The predicted octanol–water partition coefficient (Wildman–Crippen LogP) is 9.58. The van der Waals surface area contributed by atoms with Crippen LogP contribution in [0.25, 0.3) is 6.08 Å². The number of benzene rings is 5. The summed E-state index contributed by atoms with van der Waals surface area (Å²) in [5.74, 6) is -1.40. The van der Waals surface area contributed by atoms with Gasteiger partial charge in [0.1, 0.15) is 0 Å². The van der Waals surface area contributed by atoms with Crippen molar-refractivity contribution in [1.29, 1.82) is 0 Å². The SMILES string of the molecule is C/C=C/c1ccc(C(O)CCC2C(=O)N(c3ccc(F)cc3)C2c2ccc(C[I-]CCCCCCCC(=O)Nc3cccc(C4c5cc(N(C)C)ccc5S(=O)(=O)CC(CC)(CCCC)C4O)c3)cc2)cc1. The third-order valence-electron chi connectivity index (χ3n) is 14.9. The number of aliphatic hydroxyl groups is 2. The van der Waals surface area contributed by atoms with Gasteiger partial charge in [-0.3, -0.25) is 0 Å². The Morgan fingerprint density at radius 2 is 1.62 bits per heavy atom. The number of carbonyl (C=O) groups is 2. The van der Waals surface area contributed by atoms with E-state index in [4.69, 9.17) is 0 Å². The molecule has 2 heterocycles. The Balaban J connectivity index is 0.870. The molecule has 0 aliphatic carbocycles. The number of anilines is 3. The van der Waals surface area contributed by atoms with E-state index in [9.17, 15) is 32.6 Å². The number of allylic oxidation sites excluding steroid dienone is 1. The van der Waals surface area contributed by atoms with Gasteiger partial charge in [0.15, 0.2) is 9.84 Å². The van der Waals surface area contributed by atoms with Crippen molar-refractivity contribution in [2.24, 2.45) is 11.3 Å². The average Bonchev–Trinajstić information content (AvgIpc) is 3.44. The summed E-state index contributed by atoms with van der Waals surface area (Å²) in [6.45, 7) is 6.04. The summed E-state index contributed by atoms with van der Waals surface area (Å²) in [6.07, 6.45) is 11.8. The number of β-lactam (4-membered cyclic amide) rings is 1. The van der Waals surface area contributed by atoms with Crippen molar-refractivity contribution in [1.82, 2.24) is 0 Å². The Kier molecular flexibility index (Phi) is 19.3. The van der Waals surface area contributed by atoms with Crippen molar-refractivity contribution >= 4 is 44.8 Å². The molecular formula is C60H74FIN3O6S-. The maximum absolute atomic E-state index is 14.1. The Labute approximate surface area is 438 Å². The van der Waals surface area contributed by atoms with E-state index in [2.05, 4.69) is 36.5 Å². The molecule has 0 radical (unpaired) electrons. The van der Waals surface area contributed by atoms with E-state index in [0.717, 1.165) is 70.9 Å². The molecule has 1 saturated heterocycles. The van der Waals surface area contributed by atoms with E-state index in [-0.39, 0.29) is 61.4 Å². The summed E-state index contributed by atoms with van der Waals surface area (Å²) in [6, 6.07) is 35.4. The molecule has 0 spiro atoms. The maximum atomic E-state index is 14.1. The van der Waals surface area contributed by atoms with Gasteiger partial charge in [-0.05, 0) is 49.1 Å². The van der Waals surface area contributed by atoms with Crippen molar-refractivity contribution in [3.8, 4) is 0 Å². The second-order valence-electron chi connectivity index (χ2n) is 20.1. The molecule has 2 aliphatic heterocycles. The Bertz CT molecular complexity index is 2730. The number of unbranched alkanes of at least 4 members (excludes halogenated alkanes) is 5. The topological polar surface area (TPSA) is 127 Å². The van der Waals surface area contributed by atoms with E-state index in [0.29, 0.717) is 49.0 Å². The fraction of sp³-hybridized carbons (Fsp3) is 0.433. The van der Waals surface area contributed by atoms with Crippen LogP contribution in [0.5, 0.6) is 0 Å². The van der Waals surface area contributed by atoms with Crippen LogP contribution in [0.4, 0.5) is 21.5 Å². The molecule has 6 unspecified atom stereocenters. The van der Waals surface area contributed by atoms with Gasteiger partial charge in [-0.25, -0.2) is 8.42 Å². The Morgan fingerprint density at radius 3 is 2.32 bits per heavy atom. The molecule has 3 N–H and O–H groups in total. The number of aliphatic hydroxyl groups excluding tert-OH is 2. The van der Waals surface area contributed by atoms with Crippen LogP contribution >= 0.6 is 0 Å². The van der Waals surface area contributed by atoms with Crippen LogP contribution in [-0.4, -0.2) is 60.8 Å². The second-order valence-corrected chi connectivity index (χ2v) is 24.9. The van der Waals surface area contributed by atoms with E-state index < -0.39 is 33.4 Å². The number of carbonyl (C=O) groups excluding carboxylic acids is 2. The summed E-state index contributed by atoms with van der Waals surface area (Å²) < 4.78 is 44.3. The normalized spacial score (nSPS) is 21.0. The van der Waals surface area contributed by atoms with E-state index in [1.54, 1.807) is 23.1 Å². The molecule has 5 aromatic carbocycles. The van der Waals surface area contributed by atoms with E-state index in [1.165, 1.54) is 28.5 Å². The van der Waals surface area contributed by atoms with E-state index >= 15 is 0 Å². The minimum Gasteiger partial charge on any atom is -0.0546 e. The molecule has 386 valence electrons. The predicted molar refractivity (Wildman–Crippen MR) is 286 cm³/mol. The zero-order valence-electron chi connectivity index (χ0n) is 42.7. The van der Waals surface area contributed by atoms with Gasteiger partial charge >= 0.3 is 259 Å². The van der Waals surface area contributed by atoms with Crippen molar-refractivity contribution in [3.63, 3.8) is 0 Å². The number of fused-ring (bicyclic) bond motifs is 1. The molecule has 2 aliphatic rings. The number of nitrogens with zero attached hydrogens (tertiary/aromatic N) is 2. The summed E-state index contributed by atoms with van der Waals surface area (Å²) >= 11 is -0.0310. The first-order chi connectivity index (χ1) is 34.7. The molecular weight excluding hydrogens is 1040 g/mol. The fourth-order valence-electron chi connectivity index (χ4n) is 10.6. The molecule has 5 aromatic rings. The molecule has 6 atom stereocenters. The van der Waals surface area contributed by atoms with Gasteiger partial charge in [0, 0.05) is 31.1 Å². The number of rotatable bonds is 24. The van der Waals surface area contributed by atoms with Crippen LogP contribution < -0.4 is 36.3 Å². The molecule has 0 aromatic heterocycles. The summed E-state index contributed by atoms with van der Waals surface area (Å²) in [4.78, 5) is 30.9. The number of hydrogen-bond acceptors (Lipinski definition) is 7. The zero-order valence-corrected chi connectivity index (χ0v) is 45.7. The van der Waals surface area contributed by atoms with Crippen LogP contribution in [-0.2, 0) is 23.9 Å².